The molecule has 0 saturated heterocycles. The molecule has 0 aliphatic carbocycles. The van der Waals surface area contributed by atoms with Gasteiger partial charge in [0, 0.05) is 1.43 Å². The van der Waals surface area contributed by atoms with Gasteiger partial charge in [0.1, 0.15) is 0 Å². The van der Waals surface area contributed by atoms with Gasteiger partial charge in [-0.05, 0) is 12.2 Å². The third kappa shape index (κ3) is 22.6. The molecule has 0 heterocycles. The fraction of sp³-hybridized carbons (Fsp3) is 0.889. The number of unbranched alkanes of at least 4 members (excludes halogenated alkanes) is 1. The number of hydrogen-bond donors (Lipinski definition) is 1. The SMILES string of the molecule is CCCC.CCCSCC(N)=O.[HH]. The zero-order chi connectivity index (χ0) is 9.82. The highest BCUT2D eigenvalue weighted by Crippen LogP contribution is 1.99. The van der Waals surface area contributed by atoms with Crippen molar-refractivity contribution in [3.05, 3.63) is 0 Å². The predicted molar refractivity (Wildman–Crippen MR) is 59.5 cm³/mol. The molecule has 0 unspecified atom stereocenters. The Morgan fingerprint density at radius 3 is 2.00 bits per heavy atom. The Morgan fingerprint density at radius 1 is 1.25 bits per heavy atom. The van der Waals surface area contributed by atoms with E-state index in [1.165, 1.54) is 12.8 Å². The molecule has 0 aliphatic rings. The third-order valence-electron chi connectivity index (χ3n) is 1.09. The number of carbonyl (C=O) groups is 1. The Bertz CT molecular complexity index is 99.6. The maximum absolute atomic E-state index is 10.1. The Labute approximate surface area is 81.8 Å². The smallest absolute Gasteiger partial charge is 0.227 e. The van der Waals surface area contributed by atoms with Gasteiger partial charge in [0.05, 0.1) is 5.75 Å². The second-order valence-corrected chi connectivity index (χ2v) is 3.62. The first-order valence-electron chi connectivity index (χ1n) is 4.55. The highest BCUT2D eigenvalue weighted by molar-refractivity contribution is 7.99. The molecule has 3 heteroatoms. The second kappa shape index (κ2) is 13.4. The lowest BCUT2D eigenvalue weighted by Crippen LogP contribution is -2.13. The standard InChI is InChI=1S/C5H11NOS.C4H10.H2/c1-2-3-8-4-5(6)7;1-3-4-2;/h2-4H2,1H3,(H2,6,7);3-4H2,1-2H3;1H. The molecule has 0 aromatic rings. The average molecular weight is 193 g/mol. The molecule has 0 radical (unpaired) electrons. The van der Waals surface area contributed by atoms with Crippen molar-refractivity contribution in [3.63, 3.8) is 0 Å². The molecule has 0 fully saturated rings. The summed E-state index contributed by atoms with van der Waals surface area (Å²) in [5.41, 5.74) is 4.87. The predicted octanol–water partition coefficient (Wildman–Crippen LogP) is 2.67. The minimum absolute atomic E-state index is 0. The Balaban J connectivity index is -0.000000173. The molecule has 2 N–H and O–H groups in total. The van der Waals surface area contributed by atoms with Gasteiger partial charge in [-0.2, -0.15) is 11.8 Å². The van der Waals surface area contributed by atoms with E-state index in [0.717, 1.165) is 12.2 Å². The quantitative estimate of drug-likeness (QED) is 0.682. The first kappa shape index (κ1) is 14.3. The molecule has 0 rings (SSSR count). The summed E-state index contributed by atoms with van der Waals surface area (Å²) >= 11 is 1.59. The normalized spacial score (nSPS) is 8.58. The Morgan fingerprint density at radius 2 is 1.75 bits per heavy atom. The topological polar surface area (TPSA) is 43.1 Å². The van der Waals surface area contributed by atoms with Crippen LogP contribution >= 0.6 is 11.8 Å². The van der Waals surface area contributed by atoms with Crippen molar-refractivity contribution >= 4 is 17.7 Å². The summed E-state index contributed by atoms with van der Waals surface area (Å²) in [7, 11) is 0. The molecular formula is C9H23NOS. The van der Waals surface area contributed by atoms with E-state index in [9.17, 15) is 4.79 Å². The number of carbonyl (C=O) groups excluding carboxylic acids is 1. The van der Waals surface area contributed by atoms with Gasteiger partial charge in [-0.25, -0.2) is 0 Å². The first-order valence-corrected chi connectivity index (χ1v) is 5.70. The van der Waals surface area contributed by atoms with Crippen molar-refractivity contribution in [2.24, 2.45) is 5.73 Å². The minimum Gasteiger partial charge on any atom is -0.369 e. The van der Waals surface area contributed by atoms with E-state index in [2.05, 4.69) is 20.8 Å². The first-order chi connectivity index (χ1) is 5.68. The van der Waals surface area contributed by atoms with Crippen LogP contribution in [0.1, 0.15) is 41.5 Å². The van der Waals surface area contributed by atoms with Crippen molar-refractivity contribution in [1.29, 1.82) is 0 Å². The van der Waals surface area contributed by atoms with Crippen LogP contribution in [-0.4, -0.2) is 17.4 Å². The molecule has 0 saturated carbocycles. The van der Waals surface area contributed by atoms with E-state index >= 15 is 0 Å². The van der Waals surface area contributed by atoms with E-state index in [-0.39, 0.29) is 7.33 Å². The van der Waals surface area contributed by atoms with Gasteiger partial charge in [0.25, 0.3) is 0 Å². The number of primary amides is 1. The molecule has 1 amide bonds. The minimum atomic E-state index is -0.219. The second-order valence-electron chi connectivity index (χ2n) is 2.52. The highest BCUT2D eigenvalue weighted by atomic mass is 32.2. The number of hydrogen-bond acceptors (Lipinski definition) is 2. The van der Waals surface area contributed by atoms with Gasteiger partial charge in [-0.3, -0.25) is 4.79 Å². The van der Waals surface area contributed by atoms with Crippen LogP contribution in [0.25, 0.3) is 0 Å². The van der Waals surface area contributed by atoms with Crippen molar-refractivity contribution in [2.75, 3.05) is 11.5 Å². The van der Waals surface area contributed by atoms with Crippen LogP contribution in [0.15, 0.2) is 0 Å². The van der Waals surface area contributed by atoms with Crippen LogP contribution in [0.3, 0.4) is 0 Å². The summed E-state index contributed by atoms with van der Waals surface area (Å²) < 4.78 is 0. The molecule has 12 heavy (non-hydrogen) atoms. The zero-order valence-corrected chi connectivity index (χ0v) is 9.25. The van der Waals surface area contributed by atoms with Crippen molar-refractivity contribution < 1.29 is 6.22 Å². The summed E-state index contributed by atoms with van der Waals surface area (Å²) in [5.74, 6) is 1.28. The van der Waals surface area contributed by atoms with E-state index in [1.54, 1.807) is 11.8 Å². The zero-order valence-electron chi connectivity index (χ0n) is 8.43. The summed E-state index contributed by atoms with van der Waals surface area (Å²) in [6.45, 7) is 6.44. The van der Waals surface area contributed by atoms with Crippen molar-refractivity contribution in [2.45, 2.75) is 40.0 Å². The molecule has 0 aromatic carbocycles. The van der Waals surface area contributed by atoms with E-state index in [1.807, 2.05) is 0 Å². The molecule has 76 valence electrons. The van der Waals surface area contributed by atoms with Crippen LogP contribution < -0.4 is 5.73 Å². The van der Waals surface area contributed by atoms with Crippen LogP contribution in [-0.2, 0) is 4.79 Å². The lowest BCUT2D eigenvalue weighted by Gasteiger charge is -1.91. The van der Waals surface area contributed by atoms with Crippen molar-refractivity contribution in [1.82, 2.24) is 0 Å². The van der Waals surface area contributed by atoms with E-state index in [4.69, 9.17) is 5.73 Å². The Kier molecular flexibility index (Phi) is 16.0. The van der Waals surface area contributed by atoms with Crippen LogP contribution in [0.5, 0.6) is 0 Å². The Hall–Kier alpha value is -0.180. The fourth-order valence-corrected chi connectivity index (χ4v) is 0.951. The molecule has 0 aromatic heterocycles. The van der Waals surface area contributed by atoms with Crippen LogP contribution in [0, 0.1) is 0 Å². The van der Waals surface area contributed by atoms with Gasteiger partial charge in [-0.15, -0.1) is 0 Å². The number of amides is 1. The summed E-state index contributed by atoms with van der Waals surface area (Å²) in [4.78, 5) is 10.1. The van der Waals surface area contributed by atoms with E-state index in [0.29, 0.717) is 5.75 Å². The van der Waals surface area contributed by atoms with Gasteiger partial charge in [-0.1, -0.05) is 33.6 Å². The van der Waals surface area contributed by atoms with Gasteiger partial charge >= 0.3 is 0 Å². The largest absolute Gasteiger partial charge is 0.369 e. The van der Waals surface area contributed by atoms with Gasteiger partial charge < -0.3 is 5.73 Å². The molecule has 0 aliphatic heterocycles. The van der Waals surface area contributed by atoms with Gasteiger partial charge in [0.2, 0.25) is 5.91 Å². The summed E-state index contributed by atoms with van der Waals surface area (Å²) in [5, 5.41) is 0. The maximum atomic E-state index is 10.1. The molecule has 0 bridgehead atoms. The average Bonchev–Trinajstić information content (AvgIpc) is 2.05. The third-order valence-corrected chi connectivity index (χ3v) is 2.28. The van der Waals surface area contributed by atoms with Crippen molar-refractivity contribution in [3.8, 4) is 0 Å². The fourth-order valence-electron chi connectivity index (χ4n) is 0.317. The van der Waals surface area contributed by atoms with Crippen LogP contribution in [0.4, 0.5) is 0 Å². The number of rotatable bonds is 5. The number of thioether (sulfide) groups is 1. The van der Waals surface area contributed by atoms with Gasteiger partial charge in [0.15, 0.2) is 0 Å². The lowest BCUT2D eigenvalue weighted by molar-refractivity contribution is -0.115. The lowest BCUT2D eigenvalue weighted by atomic mass is 10.4. The monoisotopic (exact) mass is 193 g/mol. The summed E-state index contributed by atoms with van der Waals surface area (Å²) in [6, 6.07) is 0. The molecule has 0 atom stereocenters. The van der Waals surface area contributed by atoms with Crippen LogP contribution in [0.2, 0.25) is 0 Å². The molecular weight excluding hydrogens is 170 g/mol. The number of nitrogens with two attached hydrogens (primary N) is 1. The molecule has 2 nitrogen and oxygen atoms in total. The summed E-state index contributed by atoms with van der Waals surface area (Å²) in [6.07, 6.45) is 3.75. The van der Waals surface area contributed by atoms with E-state index < -0.39 is 0 Å². The molecule has 0 spiro atoms. The highest BCUT2D eigenvalue weighted by Gasteiger charge is 1.90. The maximum Gasteiger partial charge on any atom is 0.227 e.